The standard InChI is InChI=1S/C16H17NO2/c1-11-4-5-15(19-3)14(10-11)16(18)12(2)13-6-8-17-9-7-13/h4-10,12H,1-3H3. The topological polar surface area (TPSA) is 39.2 Å². The van der Waals surface area contributed by atoms with Crippen molar-refractivity contribution in [2.24, 2.45) is 0 Å². The Bertz CT molecular complexity index is 579. The second kappa shape index (κ2) is 5.65. The molecule has 0 fully saturated rings. The summed E-state index contributed by atoms with van der Waals surface area (Å²) < 4.78 is 5.27. The van der Waals surface area contributed by atoms with Gasteiger partial charge in [-0.2, -0.15) is 0 Å². The van der Waals surface area contributed by atoms with Crippen LogP contribution in [0.2, 0.25) is 0 Å². The van der Waals surface area contributed by atoms with E-state index in [-0.39, 0.29) is 11.7 Å². The van der Waals surface area contributed by atoms with E-state index in [1.54, 1.807) is 19.5 Å². The van der Waals surface area contributed by atoms with Crippen LogP contribution in [0.5, 0.6) is 5.75 Å². The summed E-state index contributed by atoms with van der Waals surface area (Å²) in [5, 5.41) is 0. The molecule has 1 aromatic carbocycles. The highest BCUT2D eigenvalue weighted by Gasteiger charge is 2.20. The number of rotatable bonds is 4. The molecule has 0 aliphatic heterocycles. The number of hydrogen-bond donors (Lipinski definition) is 0. The van der Waals surface area contributed by atoms with Crippen molar-refractivity contribution in [2.45, 2.75) is 19.8 Å². The van der Waals surface area contributed by atoms with Crippen LogP contribution in [0, 0.1) is 6.92 Å². The van der Waals surface area contributed by atoms with Gasteiger partial charge < -0.3 is 4.74 Å². The van der Waals surface area contributed by atoms with Gasteiger partial charge in [-0.3, -0.25) is 9.78 Å². The molecule has 1 unspecified atom stereocenters. The summed E-state index contributed by atoms with van der Waals surface area (Å²) in [6.07, 6.45) is 3.40. The molecule has 1 aromatic heterocycles. The molecule has 1 atom stereocenters. The van der Waals surface area contributed by atoms with Crippen LogP contribution in [0.15, 0.2) is 42.7 Å². The smallest absolute Gasteiger partial charge is 0.173 e. The fraction of sp³-hybridized carbons (Fsp3) is 0.250. The van der Waals surface area contributed by atoms with Crippen LogP contribution < -0.4 is 4.74 Å². The third-order valence-corrected chi connectivity index (χ3v) is 3.22. The molecule has 2 rings (SSSR count). The summed E-state index contributed by atoms with van der Waals surface area (Å²) in [6, 6.07) is 9.38. The quantitative estimate of drug-likeness (QED) is 0.786. The van der Waals surface area contributed by atoms with Gasteiger partial charge in [-0.15, -0.1) is 0 Å². The van der Waals surface area contributed by atoms with Gasteiger partial charge >= 0.3 is 0 Å². The molecule has 0 bridgehead atoms. The summed E-state index contributed by atoms with van der Waals surface area (Å²) in [4.78, 5) is 16.5. The third-order valence-electron chi connectivity index (χ3n) is 3.22. The average molecular weight is 255 g/mol. The number of nitrogens with zero attached hydrogens (tertiary/aromatic N) is 1. The van der Waals surface area contributed by atoms with Gasteiger partial charge in [-0.25, -0.2) is 0 Å². The molecule has 0 amide bonds. The highest BCUT2D eigenvalue weighted by atomic mass is 16.5. The first-order valence-electron chi connectivity index (χ1n) is 6.22. The van der Waals surface area contributed by atoms with Gasteiger partial charge in [0, 0.05) is 18.3 Å². The first-order valence-corrected chi connectivity index (χ1v) is 6.22. The van der Waals surface area contributed by atoms with Crippen LogP contribution in [-0.4, -0.2) is 17.9 Å². The molecular formula is C16H17NO2. The van der Waals surface area contributed by atoms with E-state index in [0.29, 0.717) is 11.3 Å². The minimum absolute atomic E-state index is 0.0618. The maximum absolute atomic E-state index is 12.6. The number of hydrogen-bond acceptors (Lipinski definition) is 3. The Morgan fingerprint density at radius 3 is 2.53 bits per heavy atom. The molecule has 0 aliphatic carbocycles. The van der Waals surface area contributed by atoms with Crippen molar-refractivity contribution in [1.82, 2.24) is 4.98 Å². The Balaban J connectivity index is 2.37. The lowest BCUT2D eigenvalue weighted by Gasteiger charge is -2.14. The molecule has 0 saturated carbocycles. The van der Waals surface area contributed by atoms with Gasteiger partial charge in [0.2, 0.25) is 0 Å². The van der Waals surface area contributed by atoms with Crippen molar-refractivity contribution in [1.29, 1.82) is 0 Å². The second-order valence-electron chi connectivity index (χ2n) is 4.57. The van der Waals surface area contributed by atoms with Gasteiger partial charge in [0.05, 0.1) is 12.7 Å². The predicted molar refractivity (Wildman–Crippen MR) is 74.7 cm³/mol. The van der Waals surface area contributed by atoms with Crippen LogP contribution in [0.1, 0.15) is 34.3 Å². The number of aromatic nitrogens is 1. The molecule has 0 N–H and O–H groups in total. The summed E-state index contributed by atoms with van der Waals surface area (Å²) in [7, 11) is 1.58. The summed E-state index contributed by atoms with van der Waals surface area (Å²) in [5.41, 5.74) is 2.64. The lowest BCUT2D eigenvalue weighted by molar-refractivity contribution is 0.0963. The van der Waals surface area contributed by atoms with Crippen molar-refractivity contribution in [2.75, 3.05) is 7.11 Å². The largest absolute Gasteiger partial charge is 0.496 e. The molecule has 0 aliphatic rings. The number of benzene rings is 1. The third kappa shape index (κ3) is 2.81. The van der Waals surface area contributed by atoms with Gasteiger partial charge in [0.15, 0.2) is 5.78 Å². The molecule has 1 heterocycles. The van der Waals surface area contributed by atoms with Gasteiger partial charge in [-0.05, 0) is 36.8 Å². The van der Waals surface area contributed by atoms with E-state index >= 15 is 0 Å². The highest BCUT2D eigenvalue weighted by Crippen LogP contribution is 2.27. The Hall–Kier alpha value is -2.16. The van der Waals surface area contributed by atoms with E-state index < -0.39 is 0 Å². The average Bonchev–Trinajstić information content (AvgIpc) is 2.46. The Kier molecular flexibility index (Phi) is 3.95. The van der Waals surface area contributed by atoms with Crippen molar-refractivity contribution < 1.29 is 9.53 Å². The number of ketones is 1. The minimum Gasteiger partial charge on any atom is -0.496 e. The van der Waals surface area contributed by atoms with Crippen molar-refractivity contribution in [3.05, 3.63) is 59.4 Å². The van der Waals surface area contributed by atoms with Crippen molar-refractivity contribution >= 4 is 5.78 Å². The fourth-order valence-corrected chi connectivity index (χ4v) is 2.05. The van der Waals surface area contributed by atoms with Crippen LogP contribution >= 0.6 is 0 Å². The molecule has 2 aromatic rings. The first-order chi connectivity index (χ1) is 9.13. The van der Waals surface area contributed by atoms with E-state index in [4.69, 9.17) is 4.74 Å². The van der Waals surface area contributed by atoms with Crippen LogP contribution in [0.4, 0.5) is 0 Å². The number of carbonyl (C=O) groups excluding carboxylic acids is 1. The van der Waals surface area contributed by atoms with E-state index in [1.807, 2.05) is 44.2 Å². The summed E-state index contributed by atoms with van der Waals surface area (Å²) in [6.45, 7) is 3.87. The van der Waals surface area contributed by atoms with Crippen LogP contribution in [0.25, 0.3) is 0 Å². The maximum Gasteiger partial charge on any atom is 0.173 e. The second-order valence-corrected chi connectivity index (χ2v) is 4.57. The minimum atomic E-state index is -0.210. The molecule has 0 spiro atoms. The number of carbonyl (C=O) groups is 1. The molecule has 3 heteroatoms. The van der Waals surface area contributed by atoms with Crippen molar-refractivity contribution in [3.8, 4) is 5.75 Å². The molecule has 19 heavy (non-hydrogen) atoms. The summed E-state index contributed by atoms with van der Waals surface area (Å²) >= 11 is 0. The van der Waals surface area contributed by atoms with Gasteiger partial charge in [-0.1, -0.05) is 18.6 Å². The van der Waals surface area contributed by atoms with Gasteiger partial charge in [0.25, 0.3) is 0 Å². The predicted octanol–water partition coefficient (Wildman–Crippen LogP) is 3.39. The van der Waals surface area contributed by atoms with E-state index in [9.17, 15) is 4.79 Å². The molecule has 98 valence electrons. The Morgan fingerprint density at radius 2 is 1.89 bits per heavy atom. The number of ether oxygens (including phenoxy) is 1. The SMILES string of the molecule is COc1ccc(C)cc1C(=O)C(C)c1ccncc1. The highest BCUT2D eigenvalue weighted by molar-refractivity contribution is 6.03. The maximum atomic E-state index is 12.6. The van der Waals surface area contributed by atoms with Gasteiger partial charge in [0.1, 0.15) is 5.75 Å². The monoisotopic (exact) mass is 255 g/mol. The molecule has 0 saturated heterocycles. The lowest BCUT2D eigenvalue weighted by Crippen LogP contribution is -2.11. The number of methoxy groups -OCH3 is 1. The molecule has 3 nitrogen and oxygen atoms in total. The zero-order chi connectivity index (χ0) is 13.8. The number of Topliss-reactive ketones (excluding diaryl/α,β-unsaturated/α-hetero) is 1. The Morgan fingerprint density at radius 1 is 1.21 bits per heavy atom. The molecular weight excluding hydrogens is 238 g/mol. The lowest BCUT2D eigenvalue weighted by atomic mass is 9.92. The number of pyridine rings is 1. The zero-order valence-corrected chi connectivity index (χ0v) is 11.4. The van der Waals surface area contributed by atoms with E-state index in [2.05, 4.69) is 4.98 Å². The van der Waals surface area contributed by atoms with Crippen LogP contribution in [0.3, 0.4) is 0 Å². The summed E-state index contributed by atoms with van der Waals surface area (Å²) in [5.74, 6) is 0.474. The molecule has 0 radical (unpaired) electrons. The van der Waals surface area contributed by atoms with Crippen molar-refractivity contribution in [3.63, 3.8) is 0 Å². The normalized spacial score (nSPS) is 11.9. The van der Waals surface area contributed by atoms with Crippen LogP contribution in [-0.2, 0) is 0 Å². The zero-order valence-electron chi connectivity index (χ0n) is 11.4. The fourth-order valence-electron chi connectivity index (χ4n) is 2.05. The first kappa shape index (κ1) is 13.3. The number of aryl methyl sites for hydroxylation is 1. The van der Waals surface area contributed by atoms with E-state index in [0.717, 1.165) is 11.1 Å². The Labute approximate surface area is 113 Å². The van der Waals surface area contributed by atoms with E-state index in [1.165, 1.54) is 0 Å².